The van der Waals surface area contributed by atoms with Crippen LogP contribution in [0.15, 0.2) is 30.5 Å². The minimum Gasteiger partial charge on any atom is -0.435 e. The fourth-order valence-corrected chi connectivity index (χ4v) is 1.60. The van der Waals surface area contributed by atoms with Crippen molar-refractivity contribution in [1.82, 2.24) is 9.78 Å². The molecule has 1 aromatic heterocycles. The Balaban J connectivity index is 2.08. The maximum Gasteiger partial charge on any atom is 0.387 e. The van der Waals surface area contributed by atoms with Crippen molar-refractivity contribution in [2.45, 2.75) is 13.5 Å². The molecule has 1 amide bonds. The SMILES string of the molecule is Cc1c(NC(=O)c2ccc(OC(F)F)cc2)cnn1C. The van der Waals surface area contributed by atoms with Gasteiger partial charge in [-0.15, -0.1) is 0 Å². The summed E-state index contributed by atoms with van der Waals surface area (Å²) in [6, 6.07) is 5.46. The van der Waals surface area contributed by atoms with Crippen LogP contribution in [0.25, 0.3) is 0 Å². The predicted molar refractivity (Wildman–Crippen MR) is 69.0 cm³/mol. The number of aromatic nitrogens is 2. The first kappa shape index (κ1) is 14.0. The number of hydrogen-bond acceptors (Lipinski definition) is 3. The first-order valence-electron chi connectivity index (χ1n) is 5.82. The topological polar surface area (TPSA) is 56.1 Å². The smallest absolute Gasteiger partial charge is 0.387 e. The monoisotopic (exact) mass is 281 g/mol. The second-order valence-corrected chi connectivity index (χ2v) is 4.12. The normalized spacial score (nSPS) is 10.7. The molecule has 0 atom stereocenters. The highest BCUT2D eigenvalue weighted by Gasteiger charge is 2.11. The molecule has 5 nitrogen and oxygen atoms in total. The summed E-state index contributed by atoms with van der Waals surface area (Å²) in [5.74, 6) is -0.334. The molecule has 0 fully saturated rings. The molecule has 0 aliphatic carbocycles. The molecule has 1 heterocycles. The maximum absolute atomic E-state index is 12.0. The second-order valence-electron chi connectivity index (χ2n) is 4.12. The number of rotatable bonds is 4. The molecule has 1 N–H and O–H groups in total. The Morgan fingerprint density at radius 2 is 2.00 bits per heavy atom. The quantitative estimate of drug-likeness (QED) is 0.937. The number of nitrogens with one attached hydrogen (secondary N) is 1. The van der Waals surface area contributed by atoms with Gasteiger partial charge >= 0.3 is 6.61 Å². The van der Waals surface area contributed by atoms with Gasteiger partial charge in [-0.25, -0.2) is 0 Å². The van der Waals surface area contributed by atoms with Crippen LogP contribution in [-0.2, 0) is 7.05 Å². The summed E-state index contributed by atoms with van der Waals surface area (Å²) in [6.07, 6.45) is 1.54. The van der Waals surface area contributed by atoms with Crippen molar-refractivity contribution in [1.29, 1.82) is 0 Å². The van der Waals surface area contributed by atoms with Crippen LogP contribution in [0.2, 0.25) is 0 Å². The fraction of sp³-hybridized carbons (Fsp3) is 0.231. The Labute approximate surface area is 114 Å². The van der Waals surface area contributed by atoms with E-state index in [1.54, 1.807) is 17.9 Å². The highest BCUT2D eigenvalue weighted by Crippen LogP contribution is 2.17. The van der Waals surface area contributed by atoms with E-state index in [0.29, 0.717) is 11.3 Å². The van der Waals surface area contributed by atoms with E-state index in [1.165, 1.54) is 24.3 Å². The van der Waals surface area contributed by atoms with Gasteiger partial charge in [-0.2, -0.15) is 13.9 Å². The first-order valence-corrected chi connectivity index (χ1v) is 5.82. The summed E-state index contributed by atoms with van der Waals surface area (Å²) in [4.78, 5) is 12.0. The van der Waals surface area contributed by atoms with Gasteiger partial charge in [0.1, 0.15) is 5.75 Å². The third-order valence-electron chi connectivity index (χ3n) is 2.83. The van der Waals surface area contributed by atoms with Gasteiger partial charge in [-0.1, -0.05) is 0 Å². The van der Waals surface area contributed by atoms with Crippen LogP contribution >= 0.6 is 0 Å². The van der Waals surface area contributed by atoms with Crippen LogP contribution in [-0.4, -0.2) is 22.3 Å². The molecular formula is C13H13F2N3O2. The first-order chi connectivity index (χ1) is 9.47. The van der Waals surface area contributed by atoms with E-state index >= 15 is 0 Å². The Morgan fingerprint density at radius 3 is 2.50 bits per heavy atom. The molecule has 0 aliphatic rings. The van der Waals surface area contributed by atoms with E-state index in [1.807, 2.05) is 6.92 Å². The van der Waals surface area contributed by atoms with Gasteiger partial charge in [0.25, 0.3) is 5.91 Å². The van der Waals surface area contributed by atoms with Crippen LogP contribution in [0.1, 0.15) is 16.1 Å². The number of hydrogen-bond donors (Lipinski definition) is 1. The lowest BCUT2D eigenvalue weighted by Crippen LogP contribution is -2.12. The van der Waals surface area contributed by atoms with Crippen LogP contribution < -0.4 is 10.1 Å². The van der Waals surface area contributed by atoms with Gasteiger partial charge < -0.3 is 10.1 Å². The van der Waals surface area contributed by atoms with Crippen molar-refractivity contribution in [2.24, 2.45) is 7.05 Å². The second kappa shape index (κ2) is 5.68. The highest BCUT2D eigenvalue weighted by molar-refractivity contribution is 6.04. The fourth-order valence-electron chi connectivity index (χ4n) is 1.60. The molecule has 0 bridgehead atoms. The minimum absolute atomic E-state index is 0.00843. The van der Waals surface area contributed by atoms with Crippen molar-refractivity contribution in [3.05, 3.63) is 41.7 Å². The molecule has 0 saturated heterocycles. The van der Waals surface area contributed by atoms with Crippen molar-refractivity contribution in [3.63, 3.8) is 0 Å². The molecule has 1 aromatic carbocycles. The summed E-state index contributed by atoms with van der Waals surface area (Å²) in [6.45, 7) is -1.06. The van der Waals surface area contributed by atoms with Gasteiger partial charge in [0.15, 0.2) is 0 Å². The molecule has 2 aromatic rings. The van der Waals surface area contributed by atoms with Crippen LogP contribution in [0.5, 0.6) is 5.75 Å². The molecule has 7 heteroatoms. The molecule has 0 radical (unpaired) electrons. The van der Waals surface area contributed by atoms with E-state index in [-0.39, 0.29) is 11.7 Å². The van der Waals surface area contributed by atoms with E-state index in [2.05, 4.69) is 15.2 Å². The number of aryl methyl sites for hydroxylation is 1. The van der Waals surface area contributed by atoms with E-state index in [4.69, 9.17) is 0 Å². The average molecular weight is 281 g/mol. The molecule has 20 heavy (non-hydrogen) atoms. The van der Waals surface area contributed by atoms with Gasteiger partial charge in [-0.05, 0) is 31.2 Å². The average Bonchev–Trinajstić information content (AvgIpc) is 2.71. The molecule has 0 saturated carbocycles. The van der Waals surface area contributed by atoms with Gasteiger partial charge in [0, 0.05) is 12.6 Å². The molecular weight excluding hydrogens is 268 g/mol. The number of anilines is 1. The largest absolute Gasteiger partial charge is 0.435 e. The van der Waals surface area contributed by atoms with Crippen molar-refractivity contribution in [3.8, 4) is 5.75 Å². The van der Waals surface area contributed by atoms with Gasteiger partial charge in [-0.3, -0.25) is 9.48 Å². The zero-order valence-corrected chi connectivity index (χ0v) is 10.9. The summed E-state index contributed by atoms with van der Waals surface area (Å²) in [5.41, 5.74) is 1.76. The number of carbonyl (C=O) groups excluding carboxylic acids is 1. The Morgan fingerprint density at radius 1 is 1.35 bits per heavy atom. The molecule has 0 unspecified atom stereocenters. The third kappa shape index (κ3) is 3.11. The summed E-state index contributed by atoms with van der Waals surface area (Å²) in [5, 5.41) is 6.70. The lowest BCUT2D eigenvalue weighted by atomic mass is 10.2. The number of amides is 1. The third-order valence-corrected chi connectivity index (χ3v) is 2.83. The molecule has 0 spiro atoms. The molecule has 2 rings (SSSR count). The van der Waals surface area contributed by atoms with Crippen molar-refractivity contribution < 1.29 is 18.3 Å². The van der Waals surface area contributed by atoms with E-state index < -0.39 is 6.61 Å². The number of benzene rings is 1. The zero-order valence-electron chi connectivity index (χ0n) is 10.9. The Kier molecular flexibility index (Phi) is 3.97. The van der Waals surface area contributed by atoms with E-state index in [9.17, 15) is 13.6 Å². The standard InChI is InChI=1S/C13H13F2N3O2/c1-8-11(7-16-18(8)2)17-12(19)9-3-5-10(6-4-9)20-13(14)15/h3-7,13H,1-2H3,(H,17,19). The number of halogens is 2. The van der Waals surface area contributed by atoms with Gasteiger partial charge in [0.2, 0.25) is 0 Å². The molecule has 106 valence electrons. The minimum atomic E-state index is -2.88. The van der Waals surface area contributed by atoms with Crippen molar-refractivity contribution in [2.75, 3.05) is 5.32 Å². The number of alkyl halides is 2. The summed E-state index contributed by atoms with van der Waals surface area (Å²) < 4.78 is 29.9. The predicted octanol–water partition coefficient (Wildman–Crippen LogP) is 2.58. The highest BCUT2D eigenvalue weighted by atomic mass is 19.3. The lowest BCUT2D eigenvalue weighted by Gasteiger charge is -2.06. The number of carbonyl (C=O) groups is 1. The Bertz CT molecular complexity index is 609. The Hall–Kier alpha value is -2.44. The zero-order chi connectivity index (χ0) is 14.7. The molecule has 0 aliphatic heterocycles. The van der Waals surface area contributed by atoms with Crippen LogP contribution in [0.4, 0.5) is 14.5 Å². The van der Waals surface area contributed by atoms with Crippen molar-refractivity contribution >= 4 is 11.6 Å². The van der Waals surface area contributed by atoms with Crippen LogP contribution in [0, 0.1) is 6.92 Å². The van der Waals surface area contributed by atoms with E-state index in [0.717, 1.165) is 5.69 Å². The number of nitrogens with zero attached hydrogens (tertiary/aromatic N) is 2. The van der Waals surface area contributed by atoms with Crippen LogP contribution in [0.3, 0.4) is 0 Å². The summed E-state index contributed by atoms with van der Waals surface area (Å²) >= 11 is 0. The van der Waals surface area contributed by atoms with Gasteiger partial charge in [0.05, 0.1) is 17.6 Å². The maximum atomic E-state index is 12.0. The lowest BCUT2D eigenvalue weighted by molar-refractivity contribution is -0.0498. The number of ether oxygens (including phenoxy) is 1. The summed E-state index contributed by atoms with van der Waals surface area (Å²) in [7, 11) is 1.77.